The van der Waals surface area contributed by atoms with Crippen LogP contribution in [0.2, 0.25) is 0 Å². The number of primary amides is 1. The minimum Gasteiger partial charge on any atom is -0.368 e. The Morgan fingerprint density at radius 1 is 0.970 bits per heavy atom. The molecule has 1 saturated carbocycles. The van der Waals surface area contributed by atoms with Crippen molar-refractivity contribution in [3.63, 3.8) is 0 Å². The zero-order valence-electron chi connectivity index (χ0n) is 20.4. The van der Waals surface area contributed by atoms with Crippen LogP contribution in [0.1, 0.15) is 38.3 Å². The molecule has 176 valence electrons. The van der Waals surface area contributed by atoms with E-state index in [4.69, 9.17) is 5.73 Å². The predicted molar refractivity (Wildman–Crippen MR) is 134 cm³/mol. The lowest BCUT2D eigenvalue weighted by Gasteiger charge is -2.66. The van der Waals surface area contributed by atoms with E-state index in [1.54, 1.807) is 0 Å². The van der Waals surface area contributed by atoms with Crippen LogP contribution in [0.15, 0.2) is 60.7 Å². The molecule has 1 amide bonds. The molecular formula is C29H39N3O. The average Bonchev–Trinajstić information content (AvgIpc) is 3.09. The number of hydrogen-bond acceptors (Lipinski definition) is 3. The molecule has 33 heavy (non-hydrogen) atoms. The molecule has 2 N–H and O–H groups in total. The van der Waals surface area contributed by atoms with Crippen molar-refractivity contribution in [2.75, 3.05) is 26.2 Å². The minimum absolute atomic E-state index is 0.0225. The monoisotopic (exact) mass is 445 g/mol. The van der Waals surface area contributed by atoms with Crippen molar-refractivity contribution in [1.29, 1.82) is 0 Å². The molecule has 4 aliphatic rings. The van der Waals surface area contributed by atoms with Crippen LogP contribution < -0.4 is 5.73 Å². The fraction of sp³-hybridized carbons (Fsp3) is 0.552. The van der Waals surface area contributed by atoms with E-state index in [0.717, 1.165) is 45.4 Å². The maximum atomic E-state index is 13.5. The van der Waals surface area contributed by atoms with Gasteiger partial charge in [0.25, 0.3) is 0 Å². The maximum absolute atomic E-state index is 13.5. The van der Waals surface area contributed by atoms with Gasteiger partial charge in [0.2, 0.25) is 5.91 Å². The van der Waals surface area contributed by atoms with Gasteiger partial charge < -0.3 is 5.73 Å². The molecule has 4 heteroatoms. The molecule has 3 heterocycles. The van der Waals surface area contributed by atoms with E-state index >= 15 is 0 Å². The Morgan fingerprint density at radius 2 is 1.55 bits per heavy atom. The predicted octanol–water partition coefficient (Wildman–Crippen LogP) is 3.99. The van der Waals surface area contributed by atoms with Crippen LogP contribution >= 0.6 is 0 Å². The van der Waals surface area contributed by atoms with Gasteiger partial charge in [-0.05, 0) is 48.8 Å². The van der Waals surface area contributed by atoms with Crippen molar-refractivity contribution in [3.8, 4) is 0 Å². The summed E-state index contributed by atoms with van der Waals surface area (Å²) >= 11 is 0. The Kier molecular flexibility index (Phi) is 5.86. The van der Waals surface area contributed by atoms with E-state index in [2.05, 4.69) is 91.2 Å². The van der Waals surface area contributed by atoms with Crippen LogP contribution in [0.3, 0.4) is 0 Å². The number of likely N-dealkylation sites (N-methyl/N-ethyl adjacent to an activating group) is 1. The summed E-state index contributed by atoms with van der Waals surface area (Å²) in [5.74, 6) is 1.33. The van der Waals surface area contributed by atoms with E-state index in [1.165, 1.54) is 11.1 Å². The van der Waals surface area contributed by atoms with E-state index in [0.29, 0.717) is 17.8 Å². The first kappa shape index (κ1) is 22.6. The normalized spacial score (nSPS) is 30.7. The summed E-state index contributed by atoms with van der Waals surface area (Å²) in [5, 5.41) is 0. The summed E-state index contributed by atoms with van der Waals surface area (Å²) in [5.41, 5.74) is 8.57. The molecule has 6 rings (SSSR count). The lowest BCUT2D eigenvalue weighted by atomic mass is 9.48. The number of rotatable bonds is 8. The van der Waals surface area contributed by atoms with Crippen molar-refractivity contribution in [3.05, 3.63) is 71.8 Å². The third-order valence-corrected chi connectivity index (χ3v) is 8.88. The van der Waals surface area contributed by atoms with Gasteiger partial charge in [0.1, 0.15) is 5.54 Å². The largest absolute Gasteiger partial charge is 0.368 e. The lowest BCUT2D eigenvalue weighted by Crippen LogP contribution is -2.80. The molecule has 4 bridgehead atoms. The van der Waals surface area contributed by atoms with Gasteiger partial charge in [-0.25, -0.2) is 0 Å². The Bertz CT molecular complexity index is 933. The van der Waals surface area contributed by atoms with Gasteiger partial charge in [-0.2, -0.15) is 0 Å². The third kappa shape index (κ3) is 3.45. The average molecular weight is 446 g/mol. The summed E-state index contributed by atoms with van der Waals surface area (Å²) < 4.78 is 0. The first-order chi connectivity index (χ1) is 15.9. The second-order valence-corrected chi connectivity index (χ2v) is 11.2. The van der Waals surface area contributed by atoms with Crippen LogP contribution in [0.4, 0.5) is 0 Å². The number of fused-ring (bicyclic) bond motifs is 1. The number of nitrogens with zero attached hydrogens (tertiary/aromatic N) is 2. The first-order valence-corrected chi connectivity index (χ1v) is 12.8. The highest BCUT2D eigenvalue weighted by Gasteiger charge is 2.74. The van der Waals surface area contributed by atoms with Crippen molar-refractivity contribution in [1.82, 2.24) is 9.80 Å². The van der Waals surface area contributed by atoms with Crippen molar-refractivity contribution >= 4 is 5.91 Å². The zero-order chi connectivity index (χ0) is 23.2. The topological polar surface area (TPSA) is 49.6 Å². The number of hydrogen-bond donors (Lipinski definition) is 1. The highest BCUT2D eigenvalue weighted by molar-refractivity contribution is 5.88. The quantitative estimate of drug-likeness (QED) is 0.668. The van der Waals surface area contributed by atoms with Crippen molar-refractivity contribution in [2.45, 2.75) is 51.6 Å². The molecule has 0 radical (unpaired) electrons. The molecule has 3 aliphatic heterocycles. The number of nitrogens with two attached hydrogens (primary N) is 1. The van der Waals surface area contributed by atoms with Gasteiger partial charge in [0.15, 0.2) is 0 Å². The molecule has 2 aromatic carbocycles. The SMILES string of the molecule is CCN1CC2CC3CN(CC(C)C)C(C2(Cc2ccccc2)Cc2ccccc2)C31C(N)=O. The number of benzene rings is 2. The summed E-state index contributed by atoms with van der Waals surface area (Å²) in [4.78, 5) is 18.7. The Labute approximate surface area is 199 Å². The van der Waals surface area contributed by atoms with Crippen molar-refractivity contribution < 1.29 is 4.79 Å². The minimum atomic E-state index is -0.568. The number of carbonyl (C=O) groups is 1. The van der Waals surface area contributed by atoms with Gasteiger partial charge in [-0.3, -0.25) is 14.6 Å². The van der Waals surface area contributed by atoms with Crippen LogP contribution in [0.5, 0.6) is 0 Å². The van der Waals surface area contributed by atoms with Crippen LogP contribution in [-0.4, -0.2) is 53.5 Å². The summed E-state index contributed by atoms with van der Waals surface area (Å²) in [6.07, 6.45) is 3.09. The molecular weight excluding hydrogens is 406 g/mol. The fourth-order valence-electron chi connectivity index (χ4n) is 8.02. The highest BCUT2D eigenvalue weighted by atomic mass is 16.2. The highest BCUT2D eigenvalue weighted by Crippen LogP contribution is 2.63. The Morgan fingerprint density at radius 3 is 2.03 bits per heavy atom. The van der Waals surface area contributed by atoms with Gasteiger partial charge in [-0.1, -0.05) is 81.4 Å². The van der Waals surface area contributed by atoms with E-state index in [-0.39, 0.29) is 17.4 Å². The lowest BCUT2D eigenvalue weighted by molar-refractivity contribution is -0.177. The standard InChI is InChI=1S/C29H39N3O/c1-4-32-20-24-15-25-19-31(18-21(2)3)26(29(25,32)27(30)33)28(24,16-22-11-7-5-8-12-22)17-23-13-9-6-10-14-23/h5-14,21,24-26H,4,15-20H2,1-3H3,(H2,30,33). The molecule has 2 aromatic rings. The number of likely N-dealkylation sites (tertiary alicyclic amines) is 1. The van der Waals surface area contributed by atoms with Gasteiger partial charge in [-0.15, -0.1) is 0 Å². The van der Waals surface area contributed by atoms with E-state index < -0.39 is 5.54 Å². The second-order valence-electron chi connectivity index (χ2n) is 11.2. The summed E-state index contributed by atoms with van der Waals surface area (Å²) in [6.45, 7) is 10.7. The van der Waals surface area contributed by atoms with E-state index in [9.17, 15) is 4.79 Å². The summed E-state index contributed by atoms with van der Waals surface area (Å²) in [6, 6.07) is 22.0. The van der Waals surface area contributed by atoms with Gasteiger partial charge in [0, 0.05) is 37.0 Å². The molecule has 3 saturated heterocycles. The van der Waals surface area contributed by atoms with Crippen LogP contribution in [0, 0.1) is 23.2 Å². The fourth-order valence-corrected chi connectivity index (χ4v) is 8.02. The number of amides is 1. The van der Waals surface area contributed by atoms with Gasteiger partial charge >= 0.3 is 0 Å². The zero-order valence-corrected chi connectivity index (χ0v) is 20.4. The molecule has 4 fully saturated rings. The molecule has 4 unspecified atom stereocenters. The summed E-state index contributed by atoms with van der Waals surface area (Å²) in [7, 11) is 0. The number of carbonyl (C=O) groups excluding carboxylic acids is 1. The van der Waals surface area contributed by atoms with Crippen molar-refractivity contribution in [2.24, 2.45) is 28.9 Å². The maximum Gasteiger partial charge on any atom is 0.239 e. The molecule has 4 atom stereocenters. The molecule has 0 aromatic heterocycles. The van der Waals surface area contributed by atoms with Crippen LogP contribution in [-0.2, 0) is 17.6 Å². The Hall–Kier alpha value is -2.17. The smallest absolute Gasteiger partial charge is 0.239 e. The molecule has 0 spiro atoms. The van der Waals surface area contributed by atoms with Gasteiger partial charge in [0.05, 0.1) is 0 Å². The third-order valence-electron chi connectivity index (χ3n) is 8.88. The first-order valence-electron chi connectivity index (χ1n) is 12.8. The Balaban J connectivity index is 1.70. The second kappa shape index (κ2) is 8.56. The van der Waals surface area contributed by atoms with Crippen LogP contribution in [0.25, 0.3) is 0 Å². The van der Waals surface area contributed by atoms with E-state index in [1.807, 2.05) is 0 Å². The molecule has 4 nitrogen and oxygen atoms in total. The molecule has 1 aliphatic carbocycles. The number of piperidine rings is 2.